The van der Waals surface area contributed by atoms with Crippen LogP contribution in [0.5, 0.6) is 0 Å². The Balaban J connectivity index is 1.74. The molecule has 0 amide bonds. The molecule has 1 aliphatic heterocycles. The molecule has 2 saturated carbocycles. The van der Waals surface area contributed by atoms with Crippen LogP contribution in [0.2, 0.25) is 0 Å². The summed E-state index contributed by atoms with van der Waals surface area (Å²) in [4.78, 5) is 15.2. The molecule has 1 saturated heterocycles. The molecule has 4 heteroatoms. The largest absolute Gasteiger partial charge is 0.468 e. The van der Waals surface area contributed by atoms with E-state index in [9.17, 15) is 4.79 Å². The first kappa shape index (κ1) is 15.3. The van der Waals surface area contributed by atoms with E-state index in [0.29, 0.717) is 12.1 Å². The Hall–Kier alpha value is -0.610. The quantitative estimate of drug-likeness (QED) is 0.808. The lowest BCUT2D eigenvalue weighted by atomic mass is 9.77. The van der Waals surface area contributed by atoms with Gasteiger partial charge in [0.25, 0.3) is 0 Å². The first-order valence-electron chi connectivity index (χ1n) is 8.66. The molecule has 3 rings (SSSR count). The lowest BCUT2D eigenvalue weighted by molar-refractivity contribution is -0.151. The van der Waals surface area contributed by atoms with E-state index in [4.69, 9.17) is 4.74 Å². The van der Waals surface area contributed by atoms with Crippen LogP contribution in [0.25, 0.3) is 0 Å². The van der Waals surface area contributed by atoms with E-state index in [0.717, 1.165) is 31.2 Å². The van der Waals surface area contributed by atoms with Crippen LogP contribution in [0.3, 0.4) is 0 Å². The lowest BCUT2D eigenvalue weighted by Gasteiger charge is -2.45. The fraction of sp³-hybridized carbons (Fsp3) is 0.941. The molecule has 0 aromatic heterocycles. The maximum atomic E-state index is 12.4. The topological polar surface area (TPSA) is 41.6 Å². The summed E-state index contributed by atoms with van der Waals surface area (Å²) in [5.41, 5.74) is -0.465. The molecule has 2 aliphatic carbocycles. The maximum absolute atomic E-state index is 12.4. The van der Waals surface area contributed by atoms with Crippen LogP contribution in [-0.2, 0) is 9.53 Å². The fourth-order valence-electron chi connectivity index (χ4n) is 5.06. The highest BCUT2D eigenvalue weighted by molar-refractivity contribution is 5.81. The Morgan fingerprint density at radius 2 is 2.10 bits per heavy atom. The van der Waals surface area contributed by atoms with E-state index in [-0.39, 0.29) is 5.97 Å². The number of carbonyl (C=O) groups excluding carboxylic acids is 1. The van der Waals surface area contributed by atoms with E-state index < -0.39 is 5.54 Å². The minimum absolute atomic E-state index is 0.0646. The monoisotopic (exact) mass is 294 g/mol. The van der Waals surface area contributed by atoms with Gasteiger partial charge in [-0.15, -0.1) is 0 Å². The van der Waals surface area contributed by atoms with Crippen LogP contribution in [0.15, 0.2) is 0 Å². The zero-order valence-corrected chi connectivity index (χ0v) is 13.7. The van der Waals surface area contributed by atoms with Crippen molar-refractivity contribution in [2.75, 3.05) is 13.7 Å². The molecule has 3 fully saturated rings. The number of carbonyl (C=O) groups is 1. The van der Waals surface area contributed by atoms with Gasteiger partial charge in [0.2, 0.25) is 0 Å². The number of likely N-dealkylation sites (tertiary alicyclic amines) is 1. The van der Waals surface area contributed by atoms with Crippen molar-refractivity contribution in [3.63, 3.8) is 0 Å². The summed E-state index contributed by atoms with van der Waals surface area (Å²) in [5.74, 6) is 0.854. The number of ether oxygens (including phenoxy) is 1. The number of hydrogen-bond donors (Lipinski definition) is 1. The Kier molecular flexibility index (Phi) is 4.28. The second kappa shape index (κ2) is 5.88. The van der Waals surface area contributed by atoms with Crippen LogP contribution >= 0.6 is 0 Å². The normalized spacial score (nSPS) is 39.9. The minimum Gasteiger partial charge on any atom is -0.468 e. The van der Waals surface area contributed by atoms with Crippen LogP contribution in [-0.4, -0.2) is 48.2 Å². The summed E-state index contributed by atoms with van der Waals surface area (Å²) in [6.07, 6.45) is 8.36. The molecule has 4 nitrogen and oxygen atoms in total. The predicted octanol–water partition coefficient (Wildman–Crippen LogP) is 2.32. The predicted molar refractivity (Wildman–Crippen MR) is 83.1 cm³/mol. The van der Waals surface area contributed by atoms with Crippen molar-refractivity contribution >= 4 is 5.97 Å². The first-order valence-corrected chi connectivity index (χ1v) is 8.66. The van der Waals surface area contributed by atoms with E-state index >= 15 is 0 Å². The van der Waals surface area contributed by atoms with Crippen LogP contribution < -0.4 is 5.32 Å². The number of methoxy groups -OCH3 is 1. The standard InChI is InChI=1S/C17H30N2O2/c1-12(2)18-17(16(20)21-3)8-4-5-15(10-17)19-11-13-6-7-14(19)9-13/h12-15,18H,4-11H2,1-3H3. The zero-order chi connectivity index (χ0) is 15.0. The summed E-state index contributed by atoms with van der Waals surface area (Å²) < 4.78 is 5.15. The average Bonchev–Trinajstić information content (AvgIpc) is 3.08. The molecule has 0 aromatic carbocycles. The molecule has 1 heterocycles. The van der Waals surface area contributed by atoms with E-state index in [1.165, 1.54) is 39.3 Å². The van der Waals surface area contributed by atoms with Crippen LogP contribution in [0.1, 0.15) is 58.8 Å². The lowest BCUT2D eigenvalue weighted by Crippen LogP contribution is -2.61. The Bertz CT molecular complexity index is 398. The van der Waals surface area contributed by atoms with Gasteiger partial charge < -0.3 is 4.74 Å². The third-order valence-corrected chi connectivity index (χ3v) is 5.79. The highest BCUT2D eigenvalue weighted by atomic mass is 16.5. The van der Waals surface area contributed by atoms with E-state index in [2.05, 4.69) is 24.1 Å². The molecule has 0 radical (unpaired) electrons. The van der Waals surface area contributed by atoms with Gasteiger partial charge in [0.15, 0.2) is 0 Å². The third kappa shape index (κ3) is 2.85. The molecule has 1 N–H and O–H groups in total. The molecule has 4 unspecified atom stereocenters. The first-order chi connectivity index (χ1) is 10.0. The van der Waals surface area contributed by atoms with Crippen molar-refractivity contribution in [2.45, 2.75) is 82.5 Å². The summed E-state index contributed by atoms with van der Waals surface area (Å²) in [6.45, 7) is 5.49. The van der Waals surface area contributed by atoms with Crippen LogP contribution in [0, 0.1) is 5.92 Å². The van der Waals surface area contributed by atoms with E-state index in [1.807, 2.05) is 0 Å². The summed E-state index contributed by atoms with van der Waals surface area (Å²) >= 11 is 0. The van der Waals surface area contributed by atoms with Gasteiger partial charge >= 0.3 is 5.97 Å². The van der Waals surface area contributed by atoms with Crippen LogP contribution in [0.4, 0.5) is 0 Å². The summed E-state index contributed by atoms with van der Waals surface area (Å²) in [5, 5.41) is 3.54. The van der Waals surface area contributed by atoms with Gasteiger partial charge in [-0.2, -0.15) is 0 Å². The number of esters is 1. The SMILES string of the molecule is COC(=O)C1(NC(C)C)CCCC(N2CC3CCC2C3)C1. The van der Waals surface area contributed by atoms with Crippen molar-refractivity contribution in [1.29, 1.82) is 0 Å². The Morgan fingerprint density at radius 1 is 1.29 bits per heavy atom. The van der Waals surface area contributed by atoms with Gasteiger partial charge in [0.1, 0.15) is 5.54 Å². The average molecular weight is 294 g/mol. The van der Waals surface area contributed by atoms with Crippen molar-refractivity contribution in [1.82, 2.24) is 10.2 Å². The van der Waals surface area contributed by atoms with Gasteiger partial charge in [-0.05, 0) is 64.7 Å². The smallest absolute Gasteiger partial charge is 0.326 e. The van der Waals surface area contributed by atoms with Gasteiger partial charge in [0, 0.05) is 24.7 Å². The highest BCUT2D eigenvalue weighted by Crippen LogP contribution is 2.43. The van der Waals surface area contributed by atoms with Gasteiger partial charge in [-0.3, -0.25) is 15.0 Å². The van der Waals surface area contributed by atoms with E-state index in [1.54, 1.807) is 0 Å². The third-order valence-electron chi connectivity index (χ3n) is 5.79. The molecule has 0 spiro atoms. The second-order valence-electron chi connectivity index (χ2n) is 7.65. The minimum atomic E-state index is -0.465. The summed E-state index contributed by atoms with van der Waals surface area (Å²) in [7, 11) is 1.52. The molecule has 3 aliphatic rings. The van der Waals surface area contributed by atoms with Gasteiger partial charge in [-0.25, -0.2) is 0 Å². The van der Waals surface area contributed by atoms with Crippen molar-refractivity contribution < 1.29 is 9.53 Å². The highest BCUT2D eigenvalue weighted by Gasteiger charge is 2.49. The van der Waals surface area contributed by atoms with Crippen molar-refractivity contribution in [3.8, 4) is 0 Å². The fourth-order valence-corrected chi connectivity index (χ4v) is 5.06. The molecular formula is C17H30N2O2. The second-order valence-corrected chi connectivity index (χ2v) is 7.65. The molecule has 21 heavy (non-hydrogen) atoms. The number of hydrogen-bond acceptors (Lipinski definition) is 4. The number of nitrogens with one attached hydrogen (secondary N) is 1. The molecular weight excluding hydrogens is 264 g/mol. The van der Waals surface area contributed by atoms with Crippen molar-refractivity contribution in [2.24, 2.45) is 5.92 Å². The number of rotatable bonds is 4. The zero-order valence-electron chi connectivity index (χ0n) is 13.7. The molecule has 4 atom stereocenters. The number of piperidine rings is 1. The molecule has 0 aromatic rings. The Morgan fingerprint density at radius 3 is 2.67 bits per heavy atom. The van der Waals surface area contributed by atoms with Gasteiger partial charge in [-0.1, -0.05) is 0 Å². The summed E-state index contributed by atoms with van der Waals surface area (Å²) in [6, 6.07) is 1.64. The molecule has 2 bridgehead atoms. The van der Waals surface area contributed by atoms with Crippen molar-refractivity contribution in [3.05, 3.63) is 0 Å². The number of fused-ring (bicyclic) bond motifs is 2. The maximum Gasteiger partial charge on any atom is 0.326 e. The number of nitrogens with zero attached hydrogens (tertiary/aromatic N) is 1. The molecule has 120 valence electrons. The Labute approximate surface area is 128 Å². The van der Waals surface area contributed by atoms with Gasteiger partial charge in [0.05, 0.1) is 7.11 Å².